The van der Waals surface area contributed by atoms with Gasteiger partial charge in [-0.2, -0.15) is 5.10 Å². The lowest BCUT2D eigenvalue weighted by Gasteiger charge is -2.37. The van der Waals surface area contributed by atoms with Gasteiger partial charge in [0.2, 0.25) is 5.91 Å². The molecule has 0 aliphatic carbocycles. The number of carbonyl (C=O) groups excluding carboxylic acids is 1. The standard InChI is InChI=1S/C20H27N5O3/c1-13-11-14(2)22-19(21-13)25-16(4)17(15(3)23-25)12-18(26)24-7-5-20(6-8-24)27-9-10-28-20/h11H,5-10,12H2,1-4H3. The molecule has 4 rings (SSSR count). The van der Waals surface area contributed by atoms with E-state index < -0.39 is 5.79 Å². The van der Waals surface area contributed by atoms with Crippen LogP contribution in [-0.2, 0) is 20.7 Å². The van der Waals surface area contributed by atoms with Crippen molar-refractivity contribution in [1.82, 2.24) is 24.6 Å². The highest BCUT2D eigenvalue weighted by atomic mass is 16.7. The Kier molecular flexibility index (Phi) is 4.93. The SMILES string of the molecule is Cc1cc(C)nc(-n2nc(C)c(CC(=O)N3CCC4(CC3)OCCO4)c2C)n1. The van der Waals surface area contributed by atoms with E-state index in [-0.39, 0.29) is 5.91 Å². The van der Waals surface area contributed by atoms with Gasteiger partial charge in [0.15, 0.2) is 5.79 Å². The number of hydrogen-bond acceptors (Lipinski definition) is 6. The third-order valence-corrected chi connectivity index (χ3v) is 5.62. The number of carbonyl (C=O) groups is 1. The van der Waals surface area contributed by atoms with Crippen LogP contribution in [0.5, 0.6) is 0 Å². The molecule has 8 heteroatoms. The number of amides is 1. The van der Waals surface area contributed by atoms with Gasteiger partial charge in [-0.05, 0) is 33.8 Å². The zero-order chi connectivity index (χ0) is 19.9. The first-order valence-corrected chi connectivity index (χ1v) is 9.80. The highest BCUT2D eigenvalue weighted by Gasteiger charge is 2.40. The fourth-order valence-corrected chi connectivity index (χ4v) is 4.07. The van der Waals surface area contributed by atoms with Crippen molar-refractivity contribution in [2.45, 2.75) is 52.7 Å². The minimum atomic E-state index is -0.464. The van der Waals surface area contributed by atoms with Crippen molar-refractivity contribution in [3.63, 3.8) is 0 Å². The van der Waals surface area contributed by atoms with Gasteiger partial charge in [0.25, 0.3) is 5.95 Å². The van der Waals surface area contributed by atoms with E-state index >= 15 is 0 Å². The molecule has 0 bridgehead atoms. The van der Waals surface area contributed by atoms with Crippen molar-refractivity contribution in [2.24, 2.45) is 0 Å². The summed E-state index contributed by atoms with van der Waals surface area (Å²) in [6, 6.07) is 1.93. The van der Waals surface area contributed by atoms with Crippen LogP contribution in [0.15, 0.2) is 6.07 Å². The highest BCUT2D eigenvalue weighted by molar-refractivity contribution is 5.79. The van der Waals surface area contributed by atoms with Crippen molar-refractivity contribution < 1.29 is 14.3 Å². The van der Waals surface area contributed by atoms with Crippen LogP contribution in [0.25, 0.3) is 5.95 Å². The Morgan fingerprint density at radius 1 is 1.07 bits per heavy atom. The van der Waals surface area contributed by atoms with E-state index in [4.69, 9.17) is 9.47 Å². The first kappa shape index (κ1) is 19.0. The number of rotatable bonds is 3. The summed E-state index contributed by atoms with van der Waals surface area (Å²) in [6.45, 7) is 10.4. The molecule has 0 aromatic carbocycles. The molecule has 1 spiro atoms. The average Bonchev–Trinajstić information content (AvgIpc) is 3.21. The van der Waals surface area contributed by atoms with Crippen molar-refractivity contribution in [1.29, 1.82) is 0 Å². The van der Waals surface area contributed by atoms with Crippen LogP contribution in [0, 0.1) is 27.7 Å². The fraction of sp³-hybridized carbons (Fsp3) is 0.600. The van der Waals surface area contributed by atoms with Gasteiger partial charge in [0.1, 0.15) is 0 Å². The normalized spacial score (nSPS) is 18.8. The molecule has 0 radical (unpaired) electrons. The smallest absolute Gasteiger partial charge is 0.251 e. The molecule has 0 saturated carbocycles. The summed E-state index contributed by atoms with van der Waals surface area (Å²) < 4.78 is 13.2. The van der Waals surface area contributed by atoms with Gasteiger partial charge in [-0.25, -0.2) is 14.6 Å². The molecule has 2 aliphatic rings. The summed E-state index contributed by atoms with van der Waals surface area (Å²) in [5.41, 5.74) is 4.48. The fourth-order valence-electron chi connectivity index (χ4n) is 4.07. The second-order valence-electron chi connectivity index (χ2n) is 7.68. The second kappa shape index (κ2) is 7.25. The summed E-state index contributed by atoms with van der Waals surface area (Å²) in [5.74, 6) is 0.195. The molecule has 28 heavy (non-hydrogen) atoms. The predicted octanol–water partition coefficient (Wildman–Crippen LogP) is 1.80. The molecule has 2 fully saturated rings. The second-order valence-corrected chi connectivity index (χ2v) is 7.68. The quantitative estimate of drug-likeness (QED) is 0.801. The molecule has 0 unspecified atom stereocenters. The summed E-state index contributed by atoms with van der Waals surface area (Å²) in [6.07, 6.45) is 1.79. The van der Waals surface area contributed by atoms with Crippen molar-refractivity contribution in [2.75, 3.05) is 26.3 Å². The molecule has 1 amide bonds. The van der Waals surface area contributed by atoms with Gasteiger partial charge in [-0.15, -0.1) is 0 Å². The Balaban J connectivity index is 1.49. The summed E-state index contributed by atoms with van der Waals surface area (Å²) in [5, 5.41) is 4.60. The van der Waals surface area contributed by atoms with E-state index in [1.165, 1.54) is 0 Å². The topological polar surface area (TPSA) is 82.4 Å². The summed E-state index contributed by atoms with van der Waals surface area (Å²) >= 11 is 0. The van der Waals surface area contributed by atoms with E-state index in [0.717, 1.165) is 41.2 Å². The molecule has 0 N–H and O–H groups in total. The van der Waals surface area contributed by atoms with Crippen molar-refractivity contribution in [3.8, 4) is 5.95 Å². The minimum Gasteiger partial charge on any atom is -0.347 e. The van der Waals surface area contributed by atoms with E-state index in [1.807, 2.05) is 38.7 Å². The predicted molar refractivity (Wildman–Crippen MR) is 102 cm³/mol. The van der Waals surface area contributed by atoms with Crippen LogP contribution < -0.4 is 0 Å². The van der Waals surface area contributed by atoms with Gasteiger partial charge in [-0.1, -0.05) is 0 Å². The lowest BCUT2D eigenvalue weighted by molar-refractivity contribution is -0.187. The lowest BCUT2D eigenvalue weighted by atomic mass is 10.0. The van der Waals surface area contributed by atoms with Crippen molar-refractivity contribution >= 4 is 5.91 Å². The molecule has 8 nitrogen and oxygen atoms in total. The van der Waals surface area contributed by atoms with Crippen LogP contribution in [0.2, 0.25) is 0 Å². The molecule has 150 valence electrons. The van der Waals surface area contributed by atoms with E-state index in [1.54, 1.807) is 4.68 Å². The number of ether oxygens (including phenoxy) is 2. The van der Waals surface area contributed by atoms with Crippen LogP contribution in [-0.4, -0.2) is 62.6 Å². The van der Waals surface area contributed by atoms with Gasteiger partial charge < -0.3 is 14.4 Å². The van der Waals surface area contributed by atoms with E-state index in [0.29, 0.717) is 38.7 Å². The van der Waals surface area contributed by atoms with Gasteiger partial charge in [0, 0.05) is 48.6 Å². The summed E-state index contributed by atoms with van der Waals surface area (Å²) in [7, 11) is 0. The number of nitrogens with zero attached hydrogens (tertiary/aromatic N) is 5. The zero-order valence-electron chi connectivity index (χ0n) is 17.0. The molecule has 0 atom stereocenters. The third kappa shape index (κ3) is 3.54. The Morgan fingerprint density at radius 2 is 1.68 bits per heavy atom. The summed E-state index contributed by atoms with van der Waals surface area (Å²) in [4.78, 5) is 23.8. The van der Waals surface area contributed by atoms with Gasteiger partial charge >= 0.3 is 0 Å². The Hall–Kier alpha value is -2.32. The van der Waals surface area contributed by atoms with Crippen LogP contribution >= 0.6 is 0 Å². The average molecular weight is 385 g/mol. The van der Waals surface area contributed by atoms with Gasteiger partial charge in [-0.3, -0.25) is 4.79 Å². The molecular formula is C20H27N5O3. The number of hydrogen-bond donors (Lipinski definition) is 0. The maximum Gasteiger partial charge on any atom is 0.251 e. The number of piperidine rings is 1. The minimum absolute atomic E-state index is 0.111. The van der Waals surface area contributed by atoms with Crippen molar-refractivity contribution in [3.05, 3.63) is 34.4 Å². The zero-order valence-corrected chi connectivity index (χ0v) is 17.0. The first-order valence-electron chi connectivity index (χ1n) is 9.80. The first-order chi connectivity index (χ1) is 13.4. The molecule has 2 saturated heterocycles. The molecule has 4 heterocycles. The Bertz CT molecular complexity index is 871. The molecule has 2 aromatic heterocycles. The Morgan fingerprint density at radius 3 is 2.29 bits per heavy atom. The Labute approximate surface area is 164 Å². The number of aromatic nitrogens is 4. The van der Waals surface area contributed by atoms with Crippen LogP contribution in [0.3, 0.4) is 0 Å². The lowest BCUT2D eigenvalue weighted by Crippen LogP contribution is -2.47. The molecular weight excluding hydrogens is 358 g/mol. The largest absolute Gasteiger partial charge is 0.347 e. The molecule has 2 aromatic rings. The van der Waals surface area contributed by atoms with E-state index in [2.05, 4.69) is 15.1 Å². The maximum atomic E-state index is 12.9. The van der Waals surface area contributed by atoms with Crippen LogP contribution in [0.4, 0.5) is 0 Å². The van der Waals surface area contributed by atoms with E-state index in [9.17, 15) is 4.79 Å². The monoisotopic (exact) mass is 385 g/mol. The maximum absolute atomic E-state index is 12.9. The van der Waals surface area contributed by atoms with Crippen LogP contribution in [0.1, 0.15) is 41.2 Å². The number of likely N-dealkylation sites (tertiary alicyclic amines) is 1. The highest BCUT2D eigenvalue weighted by Crippen LogP contribution is 2.31. The third-order valence-electron chi connectivity index (χ3n) is 5.62. The number of aryl methyl sites for hydroxylation is 3. The van der Waals surface area contributed by atoms with Gasteiger partial charge in [0.05, 0.1) is 25.3 Å². The molecule has 2 aliphatic heterocycles.